The van der Waals surface area contributed by atoms with Gasteiger partial charge in [0.2, 0.25) is 11.9 Å². The summed E-state index contributed by atoms with van der Waals surface area (Å²) in [5, 5.41) is 0. The van der Waals surface area contributed by atoms with E-state index in [1.807, 2.05) is 0 Å². The number of nitrogens with zero attached hydrogens (tertiary/aromatic N) is 4. The second-order valence-electron chi connectivity index (χ2n) is 3.69. The lowest BCUT2D eigenvalue weighted by Crippen LogP contribution is -2.15. The highest BCUT2D eigenvalue weighted by molar-refractivity contribution is 5.58. The molecule has 17 heavy (non-hydrogen) atoms. The topological polar surface area (TPSA) is 67.9 Å². The van der Waals surface area contributed by atoms with Crippen LogP contribution < -0.4 is 10.6 Å². The molecule has 0 amide bonds. The average molecular weight is 233 g/mol. The molecule has 0 unspecified atom stereocenters. The summed E-state index contributed by atoms with van der Waals surface area (Å²) in [6.07, 6.45) is 0. The fraction of sp³-hybridized carbons (Fsp3) is 0.182. The molecule has 5 nitrogen and oxygen atoms in total. The molecule has 2 aromatic rings. The van der Waals surface area contributed by atoms with Crippen LogP contribution >= 0.6 is 0 Å². The Morgan fingerprint density at radius 1 is 1.12 bits per heavy atom. The number of halogens is 1. The van der Waals surface area contributed by atoms with Crippen molar-refractivity contribution in [3.05, 3.63) is 30.1 Å². The van der Waals surface area contributed by atoms with Crippen LogP contribution in [0, 0.1) is 5.82 Å². The van der Waals surface area contributed by atoms with E-state index in [-0.39, 0.29) is 17.6 Å². The van der Waals surface area contributed by atoms with E-state index in [1.165, 1.54) is 6.07 Å². The largest absolute Gasteiger partial charge is 0.368 e. The van der Waals surface area contributed by atoms with Gasteiger partial charge in [-0.05, 0) is 12.1 Å². The minimum Gasteiger partial charge on any atom is -0.368 e. The molecule has 0 radical (unpaired) electrons. The van der Waals surface area contributed by atoms with Gasteiger partial charge < -0.3 is 10.6 Å². The van der Waals surface area contributed by atoms with Gasteiger partial charge in [0, 0.05) is 14.1 Å². The summed E-state index contributed by atoms with van der Waals surface area (Å²) in [6.45, 7) is 0. The molecule has 2 rings (SSSR count). The molecule has 0 aliphatic heterocycles. The second-order valence-corrected chi connectivity index (χ2v) is 3.69. The number of aromatic nitrogens is 3. The number of hydrogen-bond donors (Lipinski definition) is 1. The van der Waals surface area contributed by atoms with Gasteiger partial charge in [-0.3, -0.25) is 0 Å². The molecular weight excluding hydrogens is 221 g/mol. The summed E-state index contributed by atoms with van der Waals surface area (Å²) in [7, 11) is 3.56. The van der Waals surface area contributed by atoms with E-state index in [1.54, 1.807) is 37.2 Å². The zero-order chi connectivity index (χ0) is 12.4. The van der Waals surface area contributed by atoms with Crippen molar-refractivity contribution in [3.8, 4) is 11.4 Å². The smallest absolute Gasteiger partial charge is 0.230 e. The first-order valence-electron chi connectivity index (χ1n) is 5.01. The number of rotatable bonds is 2. The van der Waals surface area contributed by atoms with Crippen LogP contribution in [0.3, 0.4) is 0 Å². The van der Waals surface area contributed by atoms with Gasteiger partial charge in [0.05, 0.1) is 5.56 Å². The van der Waals surface area contributed by atoms with Crippen LogP contribution in [-0.2, 0) is 0 Å². The van der Waals surface area contributed by atoms with Gasteiger partial charge in [-0.25, -0.2) is 4.39 Å². The van der Waals surface area contributed by atoms with Gasteiger partial charge in [0.15, 0.2) is 5.82 Å². The fourth-order valence-electron chi connectivity index (χ4n) is 1.34. The summed E-state index contributed by atoms with van der Waals surface area (Å²) in [5.74, 6) is 0.319. The van der Waals surface area contributed by atoms with Crippen molar-refractivity contribution in [2.45, 2.75) is 0 Å². The predicted octanol–water partition coefficient (Wildman–Crippen LogP) is 1.33. The molecule has 2 N–H and O–H groups in total. The first-order valence-corrected chi connectivity index (χ1v) is 5.01. The third-order valence-electron chi connectivity index (χ3n) is 2.16. The quantitative estimate of drug-likeness (QED) is 0.847. The summed E-state index contributed by atoms with van der Waals surface area (Å²) in [4.78, 5) is 13.7. The number of hydrogen-bond acceptors (Lipinski definition) is 5. The van der Waals surface area contributed by atoms with Crippen LogP contribution in [-0.4, -0.2) is 29.0 Å². The first kappa shape index (κ1) is 11.3. The third kappa shape index (κ3) is 2.30. The van der Waals surface area contributed by atoms with Crippen molar-refractivity contribution >= 4 is 11.9 Å². The molecule has 0 aliphatic rings. The van der Waals surface area contributed by atoms with E-state index in [9.17, 15) is 4.39 Å². The Morgan fingerprint density at radius 2 is 1.82 bits per heavy atom. The van der Waals surface area contributed by atoms with Crippen LogP contribution in [0.1, 0.15) is 0 Å². The lowest BCUT2D eigenvalue weighted by Gasteiger charge is -2.11. The monoisotopic (exact) mass is 233 g/mol. The van der Waals surface area contributed by atoms with Crippen molar-refractivity contribution in [1.82, 2.24) is 15.0 Å². The van der Waals surface area contributed by atoms with E-state index >= 15 is 0 Å². The van der Waals surface area contributed by atoms with Crippen LogP contribution in [0.5, 0.6) is 0 Å². The summed E-state index contributed by atoms with van der Waals surface area (Å²) in [6, 6.07) is 6.28. The number of benzene rings is 1. The second kappa shape index (κ2) is 4.32. The van der Waals surface area contributed by atoms with Crippen molar-refractivity contribution < 1.29 is 4.39 Å². The van der Waals surface area contributed by atoms with Gasteiger partial charge >= 0.3 is 0 Å². The van der Waals surface area contributed by atoms with E-state index in [0.717, 1.165) is 0 Å². The summed E-state index contributed by atoms with van der Waals surface area (Å²) in [5.41, 5.74) is 5.88. The number of nitrogens with two attached hydrogens (primary N) is 1. The van der Waals surface area contributed by atoms with E-state index in [2.05, 4.69) is 15.0 Å². The highest BCUT2D eigenvalue weighted by Crippen LogP contribution is 2.20. The van der Waals surface area contributed by atoms with Crippen LogP contribution in [0.15, 0.2) is 24.3 Å². The lowest BCUT2D eigenvalue weighted by molar-refractivity contribution is 0.630. The van der Waals surface area contributed by atoms with E-state index < -0.39 is 0 Å². The minimum atomic E-state index is -0.386. The zero-order valence-corrected chi connectivity index (χ0v) is 9.55. The van der Waals surface area contributed by atoms with Gasteiger partial charge in [0.1, 0.15) is 5.82 Å². The van der Waals surface area contributed by atoms with Crippen molar-refractivity contribution in [3.63, 3.8) is 0 Å². The Kier molecular flexibility index (Phi) is 2.86. The van der Waals surface area contributed by atoms with Crippen molar-refractivity contribution in [2.24, 2.45) is 0 Å². The Balaban J connectivity index is 2.56. The maximum Gasteiger partial charge on any atom is 0.230 e. The highest BCUT2D eigenvalue weighted by atomic mass is 19.1. The molecule has 0 saturated heterocycles. The molecular formula is C11H12FN5. The Hall–Kier alpha value is -2.24. The van der Waals surface area contributed by atoms with Crippen LogP contribution in [0.25, 0.3) is 11.4 Å². The lowest BCUT2D eigenvalue weighted by atomic mass is 10.2. The zero-order valence-electron chi connectivity index (χ0n) is 9.55. The highest BCUT2D eigenvalue weighted by Gasteiger charge is 2.11. The third-order valence-corrected chi connectivity index (χ3v) is 2.16. The first-order chi connectivity index (χ1) is 8.08. The Labute approximate surface area is 98.1 Å². The molecule has 88 valence electrons. The molecule has 0 aliphatic carbocycles. The number of anilines is 2. The Bertz CT molecular complexity index is 541. The standard InChI is InChI=1S/C11H12FN5/c1-17(2)11-15-9(14-10(13)16-11)7-5-3-4-6-8(7)12/h3-6H,1-2H3,(H2,13,14,15,16). The average Bonchev–Trinajstić information content (AvgIpc) is 2.28. The fourth-order valence-corrected chi connectivity index (χ4v) is 1.34. The molecule has 1 heterocycles. The molecule has 0 atom stereocenters. The molecule has 0 fully saturated rings. The van der Waals surface area contributed by atoms with E-state index in [4.69, 9.17) is 5.73 Å². The van der Waals surface area contributed by atoms with Gasteiger partial charge in [-0.2, -0.15) is 15.0 Å². The van der Waals surface area contributed by atoms with Gasteiger partial charge in [0.25, 0.3) is 0 Å². The predicted molar refractivity (Wildman–Crippen MR) is 64.0 cm³/mol. The molecule has 0 saturated carbocycles. The van der Waals surface area contributed by atoms with Gasteiger partial charge in [-0.1, -0.05) is 12.1 Å². The van der Waals surface area contributed by atoms with E-state index in [0.29, 0.717) is 11.5 Å². The maximum atomic E-state index is 13.6. The van der Waals surface area contributed by atoms with Crippen molar-refractivity contribution in [2.75, 3.05) is 24.7 Å². The van der Waals surface area contributed by atoms with Crippen molar-refractivity contribution in [1.29, 1.82) is 0 Å². The molecule has 0 spiro atoms. The molecule has 1 aromatic heterocycles. The van der Waals surface area contributed by atoms with Crippen LogP contribution in [0.4, 0.5) is 16.3 Å². The normalized spacial score (nSPS) is 10.3. The minimum absolute atomic E-state index is 0.0713. The van der Waals surface area contributed by atoms with Gasteiger partial charge in [-0.15, -0.1) is 0 Å². The summed E-state index contributed by atoms with van der Waals surface area (Å²) < 4.78 is 13.6. The molecule has 6 heteroatoms. The number of nitrogen functional groups attached to an aromatic ring is 1. The van der Waals surface area contributed by atoms with Crippen LogP contribution in [0.2, 0.25) is 0 Å². The maximum absolute atomic E-state index is 13.6. The SMILES string of the molecule is CN(C)c1nc(N)nc(-c2ccccc2F)n1. The summed E-state index contributed by atoms with van der Waals surface area (Å²) >= 11 is 0. The molecule has 1 aromatic carbocycles. The Morgan fingerprint density at radius 3 is 2.47 bits per heavy atom. The molecule has 0 bridgehead atoms.